The smallest absolute Gasteiger partial charge is 0.271 e. The number of hydrogen-bond acceptors (Lipinski definition) is 4. The quantitative estimate of drug-likeness (QED) is 0.572. The first-order chi connectivity index (χ1) is 11.7. The SMILES string of the molecule is COc1ccc(O)c(/C=N\NC(=O)c2cccc3ccccc23)c1. The number of hydrogen-bond donors (Lipinski definition) is 2. The summed E-state index contributed by atoms with van der Waals surface area (Å²) in [7, 11) is 1.54. The zero-order chi connectivity index (χ0) is 16.9. The third-order valence-corrected chi connectivity index (χ3v) is 3.64. The fourth-order valence-corrected chi connectivity index (χ4v) is 2.41. The van der Waals surface area contributed by atoms with Gasteiger partial charge in [-0.25, -0.2) is 5.43 Å². The number of amides is 1. The summed E-state index contributed by atoms with van der Waals surface area (Å²) in [5.41, 5.74) is 3.48. The fourth-order valence-electron chi connectivity index (χ4n) is 2.41. The summed E-state index contributed by atoms with van der Waals surface area (Å²) in [6.45, 7) is 0. The van der Waals surface area contributed by atoms with E-state index in [0.29, 0.717) is 16.9 Å². The number of ether oxygens (including phenoxy) is 1. The molecule has 0 spiro atoms. The number of methoxy groups -OCH3 is 1. The van der Waals surface area contributed by atoms with Gasteiger partial charge in [-0.2, -0.15) is 5.10 Å². The Morgan fingerprint density at radius 3 is 2.75 bits per heavy atom. The molecule has 0 saturated heterocycles. The Morgan fingerprint density at radius 1 is 1.12 bits per heavy atom. The molecular formula is C19H16N2O3. The molecule has 24 heavy (non-hydrogen) atoms. The summed E-state index contributed by atoms with van der Waals surface area (Å²) in [6, 6.07) is 17.9. The monoisotopic (exact) mass is 320 g/mol. The minimum atomic E-state index is -0.314. The van der Waals surface area contributed by atoms with Crippen molar-refractivity contribution in [2.45, 2.75) is 0 Å². The van der Waals surface area contributed by atoms with E-state index in [1.165, 1.54) is 19.4 Å². The first kappa shape index (κ1) is 15.6. The average Bonchev–Trinajstić information content (AvgIpc) is 2.62. The number of hydrazone groups is 1. The zero-order valence-corrected chi connectivity index (χ0v) is 13.1. The Balaban J connectivity index is 1.80. The van der Waals surface area contributed by atoms with Gasteiger partial charge in [0.15, 0.2) is 0 Å². The van der Waals surface area contributed by atoms with Crippen molar-refractivity contribution < 1.29 is 14.6 Å². The van der Waals surface area contributed by atoms with Crippen LogP contribution in [0.5, 0.6) is 11.5 Å². The van der Waals surface area contributed by atoms with Gasteiger partial charge in [-0.3, -0.25) is 4.79 Å². The minimum Gasteiger partial charge on any atom is -0.507 e. The number of carbonyl (C=O) groups excluding carboxylic acids is 1. The summed E-state index contributed by atoms with van der Waals surface area (Å²) in [6.07, 6.45) is 1.38. The van der Waals surface area contributed by atoms with Gasteiger partial charge in [0.05, 0.1) is 13.3 Å². The van der Waals surface area contributed by atoms with Gasteiger partial charge in [0, 0.05) is 11.1 Å². The molecule has 5 heteroatoms. The summed E-state index contributed by atoms with van der Waals surface area (Å²) >= 11 is 0. The van der Waals surface area contributed by atoms with Crippen molar-refractivity contribution in [3.8, 4) is 11.5 Å². The molecule has 0 atom stereocenters. The molecule has 3 rings (SSSR count). The van der Waals surface area contributed by atoms with E-state index in [9.17, 15) is 9.90 Å². The molecule has 0 aliphatic rings. The van der Waals surface area contributed by atoms with Crippen molar-refractivity contribution in [3.05, 3.63) is 71.8 Å². The van der Waals surface area contributed by atoms with Crippen LogP contribution in [0.1, 0.15) is 15.9 Å². The highest BCUT2D eigenvalue weighted by atomic mass is 16.5. The van der Waals surface area contributed by atoms with Crippen molar-refractivity contribution in [3.63, 3.8) is 0 Å². The molecule has 0 saturated carbocycles. The highest BCUT2D eigenvalue weighted by Crippen LogP contribution is 2.21. The van der Waals surface area contributed by atoms with Gasteiger partial charge >= 0.3 is 0 Å². The van der Waals surface area contributed by atoms with Gasteiger partial charge < -0.3 is 9.84 Å². The summed E-state index contributed by atoms with van der Waals surface area (Å²) in [5.74, 6) is 0.332. The zero-order valence-electron chi connectivity index (χ0n) is 13.1. The van der Waals surface area contributed by atoms with Crippen LogP contribution in [-0.2, 0) is 0 Å². The van der Waals surface area contributed by atoms with Crippen LogP contribution in [0, 0.1) is 0 Å². The van der Waals surface area contributed by atoms with Gasteiger partial charge in [-0.15, -0.1) is 0 Å². The van der Waals surface area contributed by atoms with Crippen LogP contribution in [0.2, 0.25) is 0 Å². The van der Waals surface area contributed by atoms with Crippen molar-refractivity contribution in [2.75, 3.05) is 7.11 Å². The van der Waals surface area contributed by atoms with E-state index < -0.39 is 0 Å². The van der Waals surface area contributed by atoms with E-state index in [0.717, 1.165) is 10.8 Å². The molecule has 1 amide bonds. The first-order valence-electron chi connectivity index (χ1n) is 7.37. The molecule has 0 fully saturated rings. The highest BCUT2D eigenvalue weighted by Gasteiger charge is 2.08. The normalized spacial score (nSPS) is 10.9. The number of nitrogens with zero attached hydrogens (tertiary/aromatic N) is 1. The minimum absolute atomic E-state index is 0.0546. The number of aromatic hydroxyl groups is 1. The van der Waals surface area contributed by atoms with Crippen LogP contribution < -0.4 is 10.2 Å². The Kier molecular flexibility index (Phi) is 4.43. The maximum absolute atomic E-state index is 12.3. The van der Waals surface area contributed by atoms with Crippen LogP contribution in [0.3, 0.4) is 0 Å². The average molecular weight is 320 g/mol. The largest absolute Gasteiger partial charge is 0.507 e. The van der Waals surface area contributed by atoms with E-state index in [-0.39, 0.29) is 11.7 Å². The standard InChI is InChI=1S/C19H16N2O3/c1-24-15-9-10-18(22)14(11-15)12-20-21-19(23)17-8-4-6-13-5-2-3-7-16(13)17/h2-12,22H,1H3,(H,21,23)/b20-12-. The van der Waals surface area contributed by atoms with Crippen molar-refractivity contribution in [1.29, 1.82) is 0 Å². The maximum Gasteiger partial charge on any atom is 0.271 e. The van der Waals surface area contributed by atoms with Crippen LogP contribution in [-0.4, -0.2) is 24.3 Å². The summed E-state index contributed by atoms with van der Waals surface area (Å²) in [4.78, 5) is 12.3. The third kappa shape index (κ3) is 3.20. The van der Waals surface area contributed by atoms with E-state index >= 15 is 0 Å². The number of benzene rings is 3. The highest BCUT2D eigenvalue weighted by molar-refractivity contribution is 6.07. The summed E-state index contributed by atoms with van der Waals surface area (Å²) in [5, 5.41) is 15.6. The molecule has 0 aliphatic carbocycles. The lowest BCUT2D eigenvalue weighted by molar-refractivity contribution is 0.0957. The van der Waals surface area contributed by atoms with Crippen molar-refractivity contribution >= 4 is 22.9 Å². The molecule has 0 aromatic heterocycles. The van der Waals surface area contributed by atoms with Crippen molar-refractivity contribution in [1.82, 2.24) is 5.43 Å². The molecule has 3 aromatic rings. The van der Waals surface area contributed by atoms with E-state index in [4.69, 9.17) is 4.74 Å². The maximum atomic E-state index is 12.3. The second kappa shape index (κ2) is 6.83. The number of nitrogens with one attached hydrogen (secondary N) is 1. The molecule has 0 bridgehead atoms. The molecule has 0 unspecified atom stereocenters. The van der Waals surface area contributed by atoms with Crippen LogP contribution in [0.25, 0.3) is 10.8 Å². The molecule has 3 aromatic carbocycles. The number of phenols is 1. The molecule has 120 valence electrons. The predicted molar refractivity (Wildman–Crippen MR) is 93.7 cm³/mol. The van der Waals surface area contributed by atoms with Crippen molar-refractivity contribution in [2.24, 2.45) is 5.10 Å². The topological polar surface area (TPSA) is 70.9 Å². The molecule has 0 radical (unpaired) electrons. The second-order valence-corrected chi connectivity index (χ2v) is 5.15. The van der Waals surface area contributed by atoms with Gasteiger partial charge in [0.1, 0.15) is 11.5 Å². The van der Waals surface area contributed by atoms with Gasteiger partial charge in [-0.1, -0.05) is 36.4 Å². The van der Waals surface area contributed by atoms with E-state index in [1.54, 1.807) is 18.2 Å². The third-order valence-electron chi connectivity index (χ3n) is 3.64. The van der Waals surface area contributed by atoms with Gasteiger partial charge in [0.25, 0.3) is 5.91 Å². The summed E-state index contributed by atoms with van der Waals surface area (Å²) < 4.78 is 5.09. The number of phenolic OH excluding ortho intramolecular Hbond substituents is 1. The number of fused-ring (bicyclic) bond motifs is 1. The predicted octanol–water partition coefficient (Wildman–Crippen LogP) is 3.32. The number of rotatable bonds is 4. The molecule has 5 nitrogen and oxygen atoms in total. The van der Waals surface area contributed by atoms with Gasteiger partial charge in [0.2, 0.25) is 0 Å². The van der Waals surface area contributed by atoms with Crippen LogP contribution in [0.15, 0.2) is 65.8 Å². The Hall–Kier alpha value is -3.34. The molecule has 0 aliphatic heterocycles. The van der Waals surface area contributed by atoms with Crippen LogP contribution in [0.4, 0.5) is 0 Å². The Morgan fingerprint density at radius 2 is 1.92 bits per heavy atom. The lowest BCUT2D eigenvalue weighted by atomic mass is 10.0. The molecular weight excluding hydrogens is 304 g/mol. The number of carbonyl (C=O) groups is 1. The molecule has 0 heterocycles. The van der Waals surface area contributed by atoms with Gasteiger partial charge in [-0.05, 0) is 35.0 Å². The lowest BCUT2D eigenvalue weighted by Gasteiger charge is -2.05. The Bertz CT molecular complexity index is 914. The Labute approximate surface area is 139 Å². The van der Waals surface area contributed by atoms with E-state index in [1.807, 2.05) is 36.4 Å². The van der Waals surface area contributed by atoms with E-state index in [2.05, 4.69) is 10.5 Å². The first-order valence-corrected chi connectivity index (χ1v) is 7.37. The second-order valence-electron chi connectivity index (χ2n) is 5.15. The van der Waals surface area contributed by atoms with Crippen LogP contribution >= 0.6 is 0 Å². The lowest BCUT2D eigenvalue weighted by Crippen LogP contribution is -2.17. The fraction of sp³-hybridized carbons (Fsp3) is 0.0526. The molecule has 2 N–H and O–H groups in total.